The van der Waals surface area contributed by atoms with Crippen molar-refractivity contribution in [2.45, 2.75) is 39.0 Å². The molecular formula is C14H21N3O2. The molecule has 0 radical (unpaired) electrons. The van der Waals surface area contributed by atoms with Gasteiger partial charge in [-0.1, -0.05) is 26.2 Å². The third-order valence-corrected chi connectivity index (χ3v) is 3.78. The summed E-state index contributed by atoms with van der Waals surface area (Å²) in [5.74, 6) is 0.274. The molecule has 1 aromatic heterocycles. The van der Waals surface area contributed by atoms with Gasteiger partial charge < -0.3 is 10.1 Å². The molecule has 5 heteroatoms. The summed E-state index contributed by atoms with van der Waals surface area (Å²) in [6, 6.07) is 1.78. The van der Waals surface area contributed by atoms with Gasteiger partial charge in [0.15, 0.2) is 0 Å². The van der Waals surface area contributed by atoms with E-state index in [-0.39, 0.29) is 5.82 Å². The van der Waals surface area contributed by atoms with Crippen molar-refractivity contribution in [1.29, 1.82) is 0 Å². The summed E-state index contributed by atoms with van der Waals surface area (Å²) < 4.78 is 4.61. The second-order valence-corrected chi connectivity index (χ2v) is 5.48. The first kappa shape index (κ1) is 13.8. The summed E-state index contributed by atoms with van der Waals surface area (Å²) in [5.41, 5.74) is 0.328. The number of aromatic nitrogens is 2. The Balaban J connectivity index is 1.97. The van der Waals surface area contributed by atoms with Crippen LogP contribution in [-0.4, -0.2) is 29.6 Å². The third-order valence-electron chi connectivity index (χ3n) is 3.78. The predicted octanol–water partition coefficient (Wildman–Crippen LogP) is 2.65. The molecule has 1 fully saturated rings. The normalized spacial score (nSPS) is 17.8. The Morgan fingerprint density at radius 2 is 2.16 bits per heavy atom. The summed E-state index contributed by atoms with van der Waals surface area (Å²) in [5, 5.41) is 3.32. The van der Waals surface area contributed by atoms with Gasteiger partial charge in [-0.15, -0.1) is 0 Å². The van der Waals surface area contributed by atoms with E-state index in [4.69, 9.17) is 0 Å². The van der Waals surface area contributed by atoms with E-state index < -0.39 is 5.97 Å². The van der Waals surface area contributed by atoms with E-state index in [0.717, 1.165) is 6.54 Å². The molecule has 0 saturated heterocycles. The predicted molar refractivity (Wildman–Crippen MR) is 73.1 cm³/mol. The van der Waals surface area contributed by atoms with Gasteiger partial charge in [0.05, 0.1) is 7.11 Å². The van der Waals surface area contributed by atoms with Crippen LogP contribution in [0.5, 0.6) is 0 Å². The second kappa shape index (κ2) is 5.99. The lowest BCUT2D eigenvalue weighted by molar-refractivity contribution is 0.0587. The van der Waals surface area contributed by atoms with Gasteiger partial charge >= 0.3 is 5.97 Å². The molecule has 0 amide bonds. The van der Waals surface area contributed by atoms with E-state index in [0.29, 0.717) is 11.2 Å². The van der Waals surface area contributed by atoms with Crippen LogP contribution in [0.2, 0.25) is 0 Å². The first-order valence-corrected chi connectivity index (χ1v) is 6.78. The molecule has 1 N–H and O–H groups in total. The van der Waals surface area contributed by atoms with Crippen LogP contribution in [0.3, 0.4) is 0 Å². The standard InChI is InChI=1S/C14H21N3O2/c1-14(7-4-3-5-8-14)10-16-11-6-9-15-12(17-11)13(18)19-2/h6,9H,3-5,7-8,10H2,1-2H3,(H,15,16,17). The molecule has 19 heavy (non-hydrogen) atoms. The Labute approximate surface area is 113 Å². The third kappa shape index (κ3) is 3.66. The zero-order valence-electron chi connectivity index (χ0n) is 11.6. The van der Waals surface area contributed by atoms with Gasteiger partial charge in [0, 0.05) is 12.7 Å². The maximum absolute atomic E-state index is 11.4. The van der Waals surface area contributed by atoms with E-state index in [9.17, 15) is 4.79 Å². The van der Waals surface area contributed by atoms with Crippen molar-refractivity contribution in [3.63, 3.8) is 0 Å². The van der Waals surface area contributed by atoms with Crippen molar-refractivity contribution in [1.82, 2.24) is 9.97 Å². The Morgan fingerprint density at radius 3 is 2.84 bits per heavy atom. The van der Waals surface area contributed by atoms with E-state index in [2.05, 4.69) is 26.9 Å². The smallest absolute Gasteiger partial charge is 0.376 e. The van der Waals surface area contributed by atoms with Crippen molar-refractivity contribution in [3.05, 3.63) is 18.1 Å². The van der Waals surface area contributed by atoms with Crippen LogP contribution in [0, 0.1) is 5.41 Å². The van der Waals surface area contributed by atoms with Crippen molar-refractivity contribution in [2.24, 2.45) is 5.41 Å². The van der Waals surface area contributed by atoms with Crippen LogP contribution in [0.25, 0.3) is 0 Å². The molecule has 0 bridgehead atoms. The maximum atomic E-state index is 11.4. The quantitative estimate of drug-likeness (QED) is 0.846. The SMILES string of the molecule is COC(=O)c1nccc(NCC2(C)CCCCC2)n1. The molecule has 5 nitrogen and oxygen atoms in total. The number of anilines is 1. The average molecular weight is 263 g/mol. The van der Waals surface area contributed by atoms with Crippen LogP contribution in [0.4, 0.5) is 5.82 Å². The maximum Gasteiger partial charge on any atom is 0.376 e. The van der Waals surface area contributed by atoms with E-state index in [1.54, 1.807) is 12.3 Å². The number of carbonyl (C=O) groups is 1. The number of nitrogens with one attached hydrogen (secondary N) is 1. The average Bonchev–Trinajstić information content (AvgIpc) is 2.45. The summed E-state index contributed by atoms with van der Waals surface area (Å²) in [6.45, 7) is 3.19. The van der Waals surface area contributed by atoms with Crippen LogP contribution >= 0.6 is 0 Å². The van der Waals surface area contributed by atoms with Crippen LogP contribution in [0.1, 0.15) is 49.6 Å². The fraction of sp³-hybridized carbons (Fsp3) is 0.643. The molecule has 0 aromatic carbocycles. The number of hydrogen-bond acceptors (Lipinski definition) is 5. The van der Waals surface area contributed by atoms with Gasteiger partial charge in [-0.2, -0.15) is 0 Å². The second-order valence-electron chi connectivity index (χ2n) is 5.48. The zero-order valence-corrected chi connectivity index (χ0v) is 11.6. The fourth-order valence-corrected chi connectivity index (χ4v) is 2.53. The molecular weight excluding hydrogens is 242 g/mol. The molecule has 1 aromatic rings. The molecule has 104 valence electrons. The van der Waals surface area contributed by atoms with Crippen LogP contribution in [0.15, 0.2) is 12.3 Å². The molecule has 1 aliphatic carbocycles. The van der Waals surface area contributed by atoms with Crippen molar-refractivity contribution < 1.29 is 9.53 Å². The number of carbonyl (C=O) groups excluding carboxylic acids is 1. The molecule has 0 spiro atoms. The minimum Gasteiger partial charge on any atom is -0.463 e. The lowest BCUT2D eigenvalue weighted by Gasteiger charge is -2.33. The largest absolute Gasteiger partial charge is 0.463 e. The highest BCUT2D eigenvalue weighted by Crippen LogP contribution is 2.35. The molecule has 2 rings (SSSR count). The van der Waals surface area contributed by atoms with Crippen molar-refractivity contribution in [3.8, 4) is 0 Å². The topological polar surface area (TPSA) is 64.1 Å². The van der Waals surface area contributed by atoms with Gasteiger partial charge in [0.2, 0.25) is 5.82 Å². The zero-order chi connectivity index (χ0) is 13.7. The Hall–Kier alpha value is -1.65. The first-order valence-electron chi connectivity index (χ1n) is 6.78. The van der Waals surface area contributed by atoms with Crippen LogP contribution < -0.4 is 5.32 Å². The number of rotatable bonds is 4. The minimum absolute atomic E-state index is 0.0984. The number of methoxy groups -OCH3 is 1. The van der Waals surface area contributed by atoms with E-state index in [1.807, 2.05) is 0 Å². The lowest BCUT2D eigenvalue weighted by atomic mass is 9.76. The minimum atomic E-state index is -0.507. The number of nitrogens with zero attached hydrogens (tertiary/aromatic N) is 2. The summed E-state index contributed by atoms with van der Waals surface area (Å²) in [6.07, 6.45) is 8.01. The Kier molecular flexibility index (Phi) is 4.35. The number of esters is 1. The van der Waals surface area contributed by atoms with E-state index >= 15 is 0 Å². The van der Waals surface area contributed by atoms with Crippen molar-refractivity contribution >= 4 is 11.8 Å². The molecule has 0 aliphatic heterocycles. The highest BCUT2D eigenvalue weighted by atomic mass is 16.5. The van der Waals surface area contributed by atoms with Gasteiger partial charge in [-0.05, 0) is 24.3 Å². The Bertz CT molecular complexity index is 442. The number of ether oxygens (including phenoxy) is 1. The highest BCUT2D eigenvalue weighted by molar-refractivity contribution is 5.85. The van der Waals surface area contributed by atoms with Gasteiger partial charge in [-0.3, -0.25) is 0 Å². The summed E-state index contributed by atoms with van der Waals surface area (Å²) in [7, 11) is 1.33. The molecule has 0 atom stereocenters. The monoisotopic (exact) mass is 263 g/mol. The molecule has 1 aliphatic rings. The molecule has 0 unspecified atom stereocenters. The first-order chi connectivity index (χ1) is 9.13. The van der Waals surface area contributed by atoms with Gasteiger partial charge in [0.1, 0.15) is 5.82 Å². The highest BCUT2D eigenvalue weighted by Gasteiger charge is 2.26. The number of hydrogen-bond donors (Lipinski definition) is 1. The van der Waals surface area contributed by atoms with E-state index in [1.165, 1.54) is 39.2 Å². The molecule has 1 saturated carbocycles. The van der Waals surface area contributed by atoms with Gasteiger partial charge in [-0.25, -0.2) is 14.8 Å². The molecule has 1 heterocycles. The Morgan fingerprint density at radius 1 is 1.42 bits per heavy atom. The van der Waals surface area contributed by atoms with Crippen molar-refractivity contribution in [2.75, 3.05) is 19.0 Å². The lowest BCUT2D eigenvalue weighted by Crippen LogP contribution is -2.29. The summed E-state index contributed by atoms with van der Waals surface area (Å²) >= 11 is 0. The fourth-order valence-electron chi connectivity index (χ4n) is 2.53. The summed E-state index contributed by atoms with van der Waals surface area (Å²) in [4.78, 5) is 19.4. The van der Waals surface area contributed by atoms with Crippen LogP contribution in [-0.2, 0) is 4.74 Å². The van der Waals surface area contributed by atoms with Gasteiger partial charge in [0.25, 0.3) is 0 Å².